The number of carbonyl (C=O) groups is 2. The summed E-state index contributed by atoms with van der Waals surface area (Å²) in [4.78, 5) is 25.8. The van der Waals surface area contributed by atoms with Gasteiger partial charge in [-0.25, -0.2) is 4.79 Å². The number of alkyl halides is 3. The molecular formula is C20H24F3N3O3. The molecule has 6 nitrogen and oxygen atoms in total. The molecule has 2 rings (SSSR count). The molecule has 29 heavy (non-hydrogen) atoms. The second-order valence-electron chi connectivity index (χ2n) is 6.79. The monoisotopic (exact) mass is 411 g/mol. The fourth-order valence-electron chi connectivity index (χ4n) is 3.39. The third-order valence-corrected chi connectivity index (χ3v) is 4.82. The van der Waals surface area contributed by atoms with Crippen LogP contribution in [-0.4, -0.2) is 42.5 Å². The first-order valence-electron chi connectivity index (χ1n) is 8.96. The number of hydrogen-bond donors (Lipinski definition) is 2. The lowest BCUT2D eigenvalue weighted by Gasteiger charge is -2.27. The Hall–Kier alpha value is -2.81. The van der Waals surface area contributed by atoms with Crippen molar-refractivity contribution in [2.75, 3.05) is 13.7 Å². The van der Waals surface area contributed by atoms with Crippen molar-refractivity contribution < 1.29 is 27.5 Å². The van der Waals surface area contributed by atoms with Gasteiger partial charge in [0.05, 0.1) is 18.7 Å². The molecule has 4 N–H and O–H groups in total. The molecule has 1 heterocycles. The summed E-state index contributed by atoms with van der Waals surface area (Å²) in [7, 11) is 1.12. The number of halogens is 3. The van der Waals surface area contributed by atoms with Crippen molar-refractivity contribution in [3.8, 4) is 0 Å². The van der Waals surface area contributed by atoms with Crippen molar-refractivity contribution in [1.82, 2.24) is 4.90 Å². The second-order valence-corrected chi connectivity index (χ2v) is 6.79. The summed E-state index contributed by atoms with van der Waals surface area (Å²) < 4.78 is 46.0. The van der Waals surface area contributed by atoms with Gasteiger partial charge in [0, 0.05) is 24.2 Å². The Morgan fingerprint density at radius 3 is 2.55 bits per heavy atom. The summed E-state index contributed by atoms with van der Waals surface area (Å²) in [6.45, 7) is 5.42. The van der Waals surface area contributed by atoms with Crippen molar-refractivity contribution in [3.63, 3.8) is 0 Å². The highest BCUT2D eigenvalue weighted by molar-refractivity contribution is 5.89. The number of amides is 1. The molecule has 1 amide bonds. The number of ether oxygens (including phenoxy) is 1. The predicted molar refractivity (Wildman–Crippen MR) is 103 cm³/mol. The number of methoxy groups -OCH3 is 1. The highest BCUT2D eigenvalue weighted by Crippen LogP contribution is 2.36. The van der Waals surface area contributed by atoms with E-state index < -0.39 is 35.7 Å². The molecule has 0 aromatic heterocycles. The Balaban J connectivity index is 2.60. The fraction of sp³-hybridized carbons (Fsp3) is 0.400. The van der Waals surface area contributed by atoms with Gasteiger partial charge >= 0.3 is 12.1 Å². The molecule has 0 saturated carbocycles. The summed E-state index contributed by atoms with van der Waals surface area (Å²) in [5.74, 6) is -1.30. The van der Waals surface area contributed by atoms with E-state index >= 15 is 0 Å². The number of nitrogens with zero attached hydrogens (tertiary/aromatic N) is 1. The van der Waals surface area contributed by atoms with Crippen LogP contribution in [0.1, 0.15) is 35.6 Å². The zero-order valence-electron chi connectivity index (χ0n) is 16.3. The Morgan fingerprint density at radius 2 is 2.10 bits per heavy atom. The van der Waals surface area contributed by atoms with Gasteiger partial charge in [-0.2, -0.15) is 13.2 Å². The highest BCUT2D eigenvalue weighted by Gasteiger charge is 2.40. The molecular weight excluding hydrogens is 387 g/mol. The second kappa shape index (κ2) is 8.69. The maximum absolute atomic E-state index is 13.8. The maximum Gasteiger partial charge on any atom is 0.416 e. The van der Waals surface area contributed by atoms with E-state index in [4.69, 9.17) is 16.2 Å². The normalized spacial score (nSPS) is 18.3. The van der Waals surface area contributed by atoms with Crippen LogP contribution in [0, 0.1) is 0 Å². The first-order valence-corrected chi connectivity index (χ1v) is 8.96. The van der Waals surface area contributed by atoms with Crippen LogP contribution in [0.3, 0.4) is 0 Å². The van der Waals surface area contributed by atoms with Crippen LogP contribution in [0.15, 0.2) is 24.8 Å². The fourth-order valence-corrected chi connectivity index (χ4v) is 3.39. The van der Waals surface area contributed by atoms with Crippen molar-refractivity contribution in [3.05, 3.63) is 47.0 Å². The molecule has 0 radical (unpaired) electrons. The van der Waals surface area contributed by atoms with E-state index in [0.29, 0.717) is 12.0 Å². The van der Waals surface area contributed by atoms with Crippen molar-refractivity contribution in [2.45, 2.75) is 38.0 Å². The van der Waals surface area contributed by atoms with Crippen LogP contribution < -0.4 is 11.5 Å². The van der Waals surface area contributed by atoms with Gasteiger partial charge in [-0.05, 0) is 30.5 Å². The molecule has 0 bridgehead atoms. The van der Waals surface area contributed by atoms with Gasteiger partial charge in [-0.1, -0.05) is 24.8 Å². The minimum atomic E-state index is -4.69. The number of benzene rings is 1. The Morgan fingerprint density at radius 1 is 1.45 bits per heavy atom. The van der Waals surface area contributed by atoms with E-state index in [1.807, 2.05) is 0 Å². The van der Waals surface area contributed by atoms with Gasteiger partial charge in [0.15, 0.2) is 0 Å². The van der Waals surface area contributed by atoms with E-state index in [-0.39, 0.29) is 29.8 Å². The average molecular weight is 411 g/mol. The summed E-state index contributed by atoms with van der Waals surface area (Å²) in [6, 6.07) is 0.226. The van der Waals surface area contributed by atoms with Crippen molar-refractivity contribution >= 4 is 23.6 Å². The first kappa shape index (κ1) is 22.5. The van der Waals surface area contributed by atoms with Gasteiger partial charge in [0.25, 0.3) is 0 Å². The van der Waals surface area contributed by atoms with E-state index in [1.54, 1.807) is 19.1 Å². The molecule has 9 heteroatoms. The topological polar surface area (TPSA) is 98.7 Å². The molecule has 1 aliphatic heterocycles. The molecule has 0 aliphatic carbocycles. The lowest BCUT2D eigenvalue weighted by atomic mass is 9.92. The van der Waals surface area contributed by atoms with Crippen LogP contribution in [-0.2, 0) is 26.9 Å². The number of nitrogens with two attached hydrogens (primary N) is 2. The number of likely N-dealkylation sites (tertiary alicyclic amines) is 1. The summed E-state index contributed by atoms with van der Waals surface area (Å²) in [6.07, 6.45) is -1.50. The summed E-state index contributed by atoms with van der Waals surface area (Å²) in [5.41, 5.74) is 10.8. The molecule has 1 saturated heterocycles. The minimum absolute atomic E-state index is 0.0136. The summed E-state index contributed by atoms with van der Waals surface area (Å²) >= 11 is 0. The van der Waals surface area contributed by atoms with E-state index in [9.17, 15) is 22.8 Å². The third kappa shape index (κ3) is 4.79. The van der Waals surface area contributed by atoms with E-state index in [0.717, 1.165) is 13.2 Å². The molecule has 2 unspecified atom stereocenters. The zero-order valence-corrected chi connectivity index (χ0v) is 16.3. The van der Waals surface area contributed by atoms with Crippen molar-refractivity contribution in [2.24, 2.45) is 11.5 Å². The van der Waals surface area contributed by atoms with Gasteiger partial charge in [-0.15, -0.1) is 0 Å². The van der Waals surface area contributed by atoms with Gasteiger partial charge in [0.2, 0.25) is 5.91 Å². The predicted octanol–water partition coefficient (Wildman–Crippen LogP) is 2.31. The third-order valence-electron chi connectivity index (χ3n) is 4.82. The van der Waals surface area contributed by atoms with Gasteiger partial charge in [-0.3, -0.25) is 4.79 Å². The number of hydrogen-bond acceptors (Lipinski definition) is 5. The van der Waals surface area contributed by atoms with Crippen LogP contribution in [0.25, 0.3) is 11.8 Å². The smallest absolute Gasteiger partial charge is 0.416 e. The highest BCUT2D eigenvalue weighted by atomic mass is 19.4. The number of carbonyl (C=O) groups excluding carboxylic acids is 2. The summed E-state index contributed by atoms with van der Waals surface area (Å²) in [5, 5.41) is 0. The van der Waals surface area contributed by atoms with Gasteiger partial charge < -0.3 is 21.1 Å². The van der Waals surface area contributed by atoms with Crippen molar-refractivity contribution in [1.29, 1.82) is 0 Å². The first-order chi connectivity index (χ1) is 13.5. The van der Waals surface area contributed by atoms with E-state index in [2.05, 4.69) is 6.58 Å². The standard InChI is InChI=1S/C20H24F3N3O3/c1-4-5-12-8-13(15(20(21,22)23)10-14(12)11(2)24)9-17(19(28)29-3)26-7-6-16(25)18(26)27/h4-5,8,10,16-17H,2,6-7,9,24-25H2,1,3H3/b5-4-. The molecule has 0 spiro atoms. The molecule has 1 aromatic rings. The Labute approximate surface area is 167 Å². The molecule has 1 fully saturated rings. The lowest BCUT2D eigenvalue weighted by Crippen LogP contribution is -2.47. The Bertz CT molecular complexity index is 849. The van der Waals surface area contributed by atoms with Crippen LogP contribution in [0.2, 0.25) is 0 Å². The quantitative estimate of drug-likeness (QED) is 0.700. The molecule has 1 aromatic carbocycles. The van der Waals surface area contributed by atoms with Gasteiger partial charge in [0.1, 0.15) is 6.04 Å². The molecule has 2 atom stereocenters. The SMILES string of the molecule is C=C(N)c1cc(C(F)(F)F)c(CC(C(=O)OC)N2CCC(N)C2=O)cc1/C=C\C. The maximum atomic E-state index is 13.8. The van der Waals surface area contributed by atoms with Crippen LogP contribution in [0.4, 0.5) is 13.2 Å². The minimum Gasteiger partial charge on any atom is -0.467 e. The lowest BCUT2D eigenvalue weighted by molar-refractivity contribution is -0.151. The largest absolute Gasteiger partial charge is 0.467 e. The Kier molecular flexibility index (Phi) is 6.73. The van der Waals surface area contributed by atoms with Crippen LogP contribution in [0.5, 0.6) is 0 Å². The molecule has 158 valence electrons. The average Bonchev–Trinajstić information content (AvgIpc) is 2.97. The number of esters is 1. The molecule has 1 aliphatic rings. The zero-order chi connectivity index (χ0) is 21.9. The van der Waals surface area contributed by atoms with E-state index in [1.165, 1.54) is 11.0 Å². The van der Waals surface area contributed by atoms with Crippen LogP contribution >= 0.6 is 0 Å². The number of rotatable bonds is 6. The number of allylic oxidation sites excluding steroid dienone is 1.